The molecule has 0 atom stereocenters. The summed E-state index contributed by atoms with van der Waals surface area (Å²) >= 11 is 0. The third-order valence-electron chi connectivity index (χ3n) is 5.14. The van der Waals surface area contributed by atoms with Gasteiger partial charge in [-0.1, -0.05) is 53.7 Å². The molecular formula is C21H20N2O4. The molecule has 0 bridgehead atoms. The van der Waals surface area contributed by atoms with Crippen molar-refractivity contribution in [3.63, 3.8) is 0 Å². The molecule has 3 aromatic rings. The quantitative estimate of drug-likeness (QED) is 0.718. The van der Waals surface area contributed by atoms with Crippen LogP contribution in [0.25, 0.3) is 22.5 Å². The number of aliphatic carboxylic acids is 1. The average molecular weight is 364 g/mol. The van der Waals surface area contributed by atoms with Gasteiger partial charge in [0.05, 0.1) is 13.2 Å². The summed E-state index contributed by atoms with van der Waals surface area (Å²) in [5.41, 5.74) is 4.58. The zero-order valence-electron chi connectivity index (χ0n) is 15.2. The number of nitrogens with one attached hydrogen (secondary N) is 1. The van der Waals surface area contributed by atoms with Gasteiger partial charge in [-0.05, 0) is 23.6 Å². The summed E-state index contributed by atoms with van der Waals surface area (Å²) in [6.45, 7) is 2.34. The highest BCUT2D eigenvalue weighted by atomic mass is 16.5. The molecule has 1 fully saturated rings. The van der Waals surface area contributed by atoms with E-state index in [0.29, 0.717) is 5.76 Å². The fraction of sp³-hybridized carbons (Fsp3) is 0.238. The minimum atomic E-state index is -0.907. The van der Waals surface area contributed by atoms with E-state index >= 15 is 0 Å². The van der Waals surface area contributed by atoms with Gasteiger partial charge in [0.2, 0.25) is 0 Å². The molecule has 6 nitrogen and oxygen atoms in total. The first kappa shape index (κ1) is 17.3. The van der Waals surface area contributed by atoms with E-state index in [0.717, 1.165) is 33.6 Å². The monoisotopic (exact) mass is 364 g/mol. The lowest BCUT2D eigenvalue weighted by Gasteiger charge is -2.37. The summed E-state index contributed by atoms with van der Waals surface area (Å²) in [6.07, 6.45) is 0. The van der Waals surface area contributed by atoms with Gasteiger partial charge in [0, 0.05) is 12.6 Å². The molecule has 0 aliphatic carbocycles. The maximum absolute atomic E-state index is 11.6. The number of hydrogen-bond donors (Lipinski definition) is 2. The molecule has 1 aliphatic heterocycles. The van der Waals surface area contributed by atoms with Gasteiger partial charge in [-0.15, -0.1) is 0 Å². The van der Waals surface area contributed by atoms with Crippen LogP contribution < -0.4 is 5.32 Å². The van der Waals surface area contributed by atoms with Crippen LogP contribution in [-0.2, 0) is 14.9 Å². The summed E-state index contributed by atoms with van der Waals surface area (Å²) < 4.78 is 10.6. The summed E-state index contributed by atoms with van der Waals surface area (Å²) in [4.78, 5) is 11.6. The van der Waals surface area contributed by atoms with Gasteiger partial charge in [-0.25, -0.2) is 0 Å². The number of nitrogens with zero attached hydrogens (tertiary/aromatic N) is 1. The maximum Gasteiger partial charge on any atom is 0.318 e. The minimum Gasteiger partial charge on any atom is -0.480 e. The van der Waals surface area contributed by atoms with Gasteiger partial charge >= 0.3 is 5.97 Å². The fourth-order valence-corrected chi connectivity index (χ4v) is 3.38. The first-order chi connectivity index (χ1) is 13.0. The Morgan fingerprint density at radius 3 is 2.07 bits per heavy atom. The standard InChI is InChI=1S/C21H20N2O4/c1-13-18(22-2)19(27-23-13)16-5-3-14(4-6-16)15-7-9-17(10-8-15)21(20(24)25)11-26-12-21/h3-10,22H,11-12H2,1-2H3,(H,24,25). The van der Waals surface area contributed by atoms with Crippen LogP contribution in [0.15, 0.2) is 53.1 Å². The van der Waals surface area contributed by atoms with Crippen molar-refractivity contribution in [3.8, 4) is 22.5 Å². The van der Waals surface area contributed by atoms with E-state index in [1.807, 2.05) is 62.5 Å². The minimum absolute atomic E-state index is 0.223. The van der Waals surface area contributed by atoms with Crippen LogP contribution >= 0.6 is 0 Å². The second kappa shape index (κ2) is 6.55. The molecule has 1 aliphatic rings. The van der Waals surface area contributed by atoms with Crippen LogP contribution in [0.4, 0.5) is 5.69 Å². The predicted molar refractivity (Wildman–Crippen MR) is 102 cm³/mol. The number of ether oxygens (including phenoxy) is 1. The molecule has 2 heterocycles. The highest BCUT2D eigenvalue weighted by Gasteiger charge is 2.47. The predicted octanol–water partition coefficient (Wildman–Crippen LogP) is 3.71. The summed E-state index contributed by atoms with van der Waals surface area (Å²) in [7, 11) is 1.84. The van der Waals surface area contributed by atoms with Gasteiger partial charge in [-0.2, -0.15) is 0 Å². The third-order valence-corrected chi connectivity index (χ3v) is 5.14. The Labute approximate surface area is 156 Å². The number of aromatic nitrogens is 1. The zero-order chi connectivity index (χ0) is 19.0. The number of carbonyl (C=O) groups is 1. The summed E-state index contributed by atoms with van der Waals surface area (Å²) in [5, 5.41) is 16.6. The molecule has 0 spiro atoms. The van der Waals surface area contributed by atoms with E-state index in [2.05, 4.69) is 10.5 Å². The molecule has 27 heavy (non-hydrogen) atoms. The van der Waals surface area contributed by atoms with E-state index in [-0.39, 0.29) is 13.2 Å². The van der Waals surface area contributed by atoms with Crippen molar-refractivity contribution in [1.82, 2.24) is 5.16 Å². The lowest BCUT2D eigenvalue weighted by atomic mass is 9.78. The SMILES string of the molecule is CNc1c(C)noc1-c1ccc(-c2ccc(C3(C(=O)O)COC3)cc2)cc1. The van der Waals surface area contributed by atoms with Crippen LogP contribution in [0, 0.1) is 6.92 Å². The largest absolute Gasteiger partial charge is 0.480 e. The topological polar surface area (TPSA) is 84.6 Å². The molecule has 0 unspecified atom stereocenters. The lowest BCUT2D eigenvalue weighted by Crippen LogP contribution is -2.53. The Kier molecular flexibility index (Phi) is 4.20. The second-order valence-corrected chi connectivity index (χ2v) is 6.76. The van der Waals surface area contributed by atoms with Crippen molar-refractivity contribution in [1.29, 1.82) is 0 Å². The number of aryl methyl sites for hydroxylation is 1. The number of anilines is 1. The molecule has 1 aromatic heterocycles. The van der Waals surface area contributed by atoms with Gasteiger partial charge in [0.15, 0.2) is 5.76 Å². The first-order valence-electron chi connectivity index (χ1n) is 8.72. The van der Waals surface area contributed by atoms with Gasteiger partial charge in [-0.3, -0.25) is 4.79 Å². The van der Waals surface area contributed by atoms with Crippen LogP contribution in [0.3, 0.4) is 0 Å². The molecule has 0 saturated carbocycles. The summed E-state index contributed by atoms with van der Waals surface area (Å²) in [5.74, 6) is -0.126. The van der Waals surface area contributed by atoms with E-state index < -0.39 is 11.4 Å². The Hall–Kier alpha value is -3.12. The van der Waals surface area contributed by atoms with E-state index in [4.69, 9.17) is 9.26 Å². The van der Waals surface area contributed by atoms with Crippen LogP contribution in [0.1, 0.15) is 11.3 Å². The van der Waals surface area contributed by atoms with E-state index in [1.165, 1.54) is 0 Å². The van der Waals surface area contributed by atoms with Crippen molar-refractivity contribution >= 4 is 11.7 Å². The average Bonchev–Trinajstić information content (AvgIpc) is 3.02. The number of hydrogen-bond acceptors (Lipinski definition) is 5. The molecule has 138 valence electrons. The van der Waals surface area contributed by atoms with Crippen LogP contribution in [0.5, 0.6) is 0 Å². The van der Waals surface area contributed by atoms with Crippen LogP contribution in [0.2, 0.25) is 0 Å². The molecule has 1 saturated heterocycles. The van der Waals surface area contributed by atoms with E-state index in [1.54, 1.807) is 0 Å². The Balaban J connectivity index is 1.60. The molecule has 0 amide bonds. The highest BCUT2D eigenvalue weighted by molar-refractivity contribution is 5.83. The second-order valence-electron chi connectivity index (χ2n) is 6.76. The van der Waals surface area contributed by atoms with Gasteiger partial charge in [0.1, 0.15) is 16.8 Å². The molecule has 4 rings (SSSR count). The van der Waals surface area contributed by atoms with E-state index in [9.17, 15) is 9.90 Å². The smallest absolute Gasteiger partial charge is 0.318 e. The molecular weight excluding hydrogens is 344 g/mol. The Bertz CT molecular complexity index is 970. The first-order valence-corrected chi connectivity index (χ1v) is 8.72. The number of benzene rings is 2. The maximum atomic E-state index is 11.6. The molecule has 2 N–H and O–H groups in total. The van der Waals surface area contributed by atoms with Crippen molar-refractivity contribution < 1.29 is 19.2 Å². The third kappa shape index (κ3) is 2.78. The fourth-order valence-electron chi connectivity index (χ4n) is 3.38. The Morgan fingerprint density at radius 2 is 1.59 bits per heavy atom. The molecule has 6 heteroatoms. The van der Waals surface area contributed by atoms with Gasteiger partial charge in [0.25, 0.3) is 0 Å². The lowest BCUT2D eigenvalue weighted by molar-refractivity contribution is -0.163. The Morgan fingerprint density at radius 1 is 1.04 bits per heavy atom. The van der Waals surface area contributed by atoms with Gasteiger partial charge < -0.3 is 19.7 Å². The number of carboxylic acids is 1. The molecule has 0 radical (unpaired) electrons. The van der Waals surface area contributed by atoms with Crippen molar-refractivity contribution in [3.05, 3.63) is 59.8 Å². The highest BCUT2D eigenvalue weighted by Crippen LogP contribution is 2.35. The molecule has 2 aromatic carbocycles. The number of carboxylic acid groups (broad SMARTS) is 1. The van der Waals surface area contributed by atoms with Crippen molar-refractivity contribution in [2.24, 2.45) is 0 Å². The van der Waals surface area contributed by atoms with Crippen molar-refractivity contribution in [2.75, 3.05) is 25.6 Å². The van der Waals surface area contributed by atoms with Crippen molar-refractivity contribution in [2.45, 2.75) is 12.3 Å². The van der Waals surface area contributed by atoms with Crippen LogP contribution in [-0.4, -0.2) is 36.5 Å². The zero-order valence-corrected chi connectivity index (χ0v) is 15.2. The summed E-state index contributed by atoms with van der Waals surface area (Å²) in [6, 6.07) is 15.7. The normalized spacial score (nSPS) is 15.2. The number of rotatable bonds is 5.